The van der Waals surface area contributed by atoms with Crippen molar-refractivity contribution in [3.8, 4) is 0 Å². The van der Waals surface area contributed by atoms with Crippen molar-refractivity contribution in [1.82, 2.24) is 21.1 Å². The van der Waals surface area contributed by atoms with E-state index in [0.717, 1.165) is 46.0 Å². The van der Waals surface area contributed by atoms with Crippen molar-refractivity contribution in [3.63, 3.8) is 0 Å². The minimum Gasteiger partial charge on any atom is -0.480 e. The smallest absolute Gasteiger partial charge is 0.322 e. The second kappa shape index (κ2) is 10.3. The summed E-state index contributed by atoms with van der Waals surface area (Å²) in [5, 5.41) is 24.6. The topological polar surface area (TPSA) is 144 Å². The van der Waals surface area contributed by atoms with Crippen LogP contribution in [0, 0.1) is 0 Å². The van der Waals surface area contributed by atoms with E-state index in [1.54, 1.807) is 11.6 Å². The Morgan fingerprint density at radius 3 is 2.79 bits per heavy atom. The van der Waals surface area contributed by atoms with Gasteiger partial charge >= 0.3 is 5.97 Å². The highest BCUT2D eigenvalue weighted by Gasteiger charge is 2.29. The number of para-hydroxylation sites is 1. The number of benzene rings is 2. The molecular weight excluding hydrogens is 436 g/mol. The molecule has 9 heteroatoms. The Hall–Kier alpha value is -3.95. The van der Waals surface area contributed by atoms with Crippen LogP contribution in [-0.4, -0.2) is 45.7 Å². The lowest BCUT2D eigenvalue weighted by atomic mass is 10.0. The van der Waals surface area contributed by atoms with Gasteiger partial charge in [-0.05, 0) is 53.7 Å². The number of aromatic nitrogens is 1. The molecule has 176 valence electrons. The van der Waals surface area contributed by atoms with Crippen molar-refractivity contribution in [2.75, 3.05) is 6.54 Å². The molecule has 0 saturated carbocycles. The van der Waals surface area contributed by atoms with E-state index in [0.29, 0.717) is 6.42 Å². The summed E-state index contributed by atoms with van der Waals surface area (Å²) < 4.78 is 0. The monoisotopic (exact) mass is 462 g/mol. The molecule has 1 heterocycles. The third-order valence-corrected chi connectivity index (χ3v) is 6.01. The summed E-state index contributed by atoms with van der Waals surface area (Å²) in [6, 6.07) is 13.0. The number of aryl methyl sites for hydroxylation is 1. The van der Waals surface area contributed by atoms with Crippen LogP contribution in [-0.2, 0) is 27.2 Å². The number of H-pyrrole nitrogens is 1. The number of rotatable bonds is 9. The Morgan fingerprint density at radius 2 is 2.00 bits per heavy atom. The van der Waals surface area contributed by atoms with Crippen molar-refractivity contribution < 1.29 is 24.7 Å². The van der Waals surface area contributed by atoms with Crippen LogP contribution in [0.3, 0.4) is 0 Å². The third kappa shape index (κ3) is 5.33. The van der Waals surface area contributed by atoms with Gasteiger partial charge in [-0.2, -0.15) is 0 Å². The molecule has 1 aliphatic rings. The fraction of sp³-hybridized carbons (Fsp3) is 0.240. The van der Waals surface area contributed by atoms with Crippen molar-refractivity contribution in [2.24, 2.45) is 0 Å². The third-order valence-electron chi connectivity index (χ3n) is 6.01. The van der Waals surface area contributed by atoms with Crippen LogP contribution in [0.4, 0.5) is 0 Å². The molecule has 2 atom stereocenters. The maximum atomic E-state index is 12.9. The molecule has 4 rings (SSSR count). The van der Waals surface area contributed by atoms with Crippen molar-refractivity contribution in [3.05, 3.63) is 77.0 Å². The van der Waals surface area contributed by atoms with Crippen LogP contribution in [0.1, 0.15) is 34.7 Å². The van der Waals surface area contributed by atoms with Crippen molar-refractivity contribution >= 4 is 34.8 Å². The minimum atomic E-state index is -1.10. The first kappa shape index (κ1) is 23.2. The van der Waals surface area contributed by atoms with Gasteiger partial charge in [0, 0.05) is 29.2 Å². The second-order valence-corrected chi connectivity index (χ2v) is 8.25. The maximum Gasteiger partial charge on any atom is 0.322 e. The second-order valence-electron chi connectivity index (χ2n) is 8.25. The number of amides is 2. The van der Waals surface area contributed by atoms with E-state index in [2.05, 4.69) is 15.6 Å². The number of carbonyl (C=O) groups excluding carboxylic acids is 2. The molecule has 2 aromatic carbocycles. The lowest BCUT2D eigenvalue weighted by Crippen LogP contribution is -2.47. The van der Waals surface area contributed by atoms with Gasteiger partial charge in [0.15, 0.2) is 0 Å². The van der Waals surface area contributed by atoms with Gasteiger partial charge in [0.1, 0.15) is 6.54 Å². The van der Waals surface area contributed by atoms with E-state index in [9.17, 15) is 14.4 Å². The van der Waals surface area contributed by atoms with E-state index in [1.807, 2.05) is 48.7 Å². The quantitative estimate of drug-likeness (QED) is 0.163. The number of carboxylic acids is 1. The van der Waals surface area contributed by atoms with E-state index in [1.165, 1.54) is 6.08 Å². The largest absolute Gasteiger partial charge is 0.480 e. The Kier molecular flexibility index (Phi) is 7.05. The SMILES string of the molecule is O=C(O)CNC(=O)[C@H](Cc1c[nH]c2ccccc12)NC1CCc2cc(C=CC(=O)NO)ccc21. The molecule has 0 aliphatic heterocycles. The molecule has 1 aromatic heterocycles. The molecule has 6 N–H and O–H groups in total. The van der Waals surface area contributed by atoms with Crippen molar-refractivity contribution in [1.29, 1.82) is 0 Å². The number of hydrogen-bond donors (Lipinski definition) is 6. The molecule has 3 aromatic rings. The molecule has 1 unspecified atom stereocenters. The lowest BCUT2D eigenvalue weighted by molar-refractivity contribution is -0.138. The van der Waals surface area contributed by atoms with E-state index < -0.39 is 24.5 Å². The number of aromatic amines is 1. The van der Waals surface area contributed by atoms with Crippen LogP contribution in [0.25, 0.3) is 17.0 Å². The summed E-state index contributed by atoms with van der Waals surface area (Å²) in [4.78, 5) is 38.4. The average Bonchev–Trinajstić information content (AvgIpc) is 3.44. The van der Waals surface area contributed by atoms with Gasteiger partial charge in [0.2, 0.25) is 5.91 Å². The van der Waals surface area contributed by atoms with E-state index >= 15 is 0 Å². The summed E-state index contributed by atoms with van der Waals surface area (Å²) >= 11 is 0. The van der Waals surface area contributed by atoms with Gasteiger partial charge in [-0.25, -0.2) is 5.48 Å². The normalized spacial score (nSPS) is 15.9. The Bertz CT molecular complexity index is 1250. The predicted molar refractivity (Wildman–Crippen MR) is 126 cm³/mol. The molecular formula is C25H26N4O5. The van der Waals surface area contributed by atoms with Crippen LogP contribution >= 0.6 is 0 Å². The first-order valence-electron chi connectivity index (χ1n) is 11.0. The number of carboxylic acid groups (broad SMARTS) is 1. The summed E-state index contributed by atoms with van der Waals surface area (Å²) in [6.07, 6.45) is 6.74. The molecule has 0 saturated heterocycles. The standard InChI is InChI=1S/C25H26N4O5/c30-23(29-34)10-6-15-5-8-19-16(11-15)7-9-21(19)28-22(25(33)27-14-24(31)32)12-17-13-26-20-4-2-1-3-18(17)20/h1-6,8,10-11,13,21-22,26,28,34H,7,9,12,14H2,(H,27,33)(H,29,30)(H,31,32)/t21?,22-/m0/s1. The van der Waals surface area contributed by atoms with Crippen molar-refractivity contribution in [2.45, 2.75) is 31.3 Å². The van der Waals surface area contributed by atoms with E-state index in [4.69, 9.17) is 10.3 Å². The number of hydroxylamine groups is 1. The number of carbonyl (C=O) groups is 3. The summed E-state index contributed by atoms with van der Waals surface area (Å²) in [5.41, 5.74) is 6.52. The highest BCUT2D eigenvalue weighted by molar-refractivity contribution is 5.91. The highest BCUT2D eigenvalue weighted by Crippen LogP contribution is 2.33. The van der Waals surface area contributed by atoms with Crippen LogP contribution < -0.4 is 16.1 Å². The number of fused-ring (bicyclic) bond motifs is 2. The molecule has 2 amide bonds. The minimum absolute atomic E-state index is 0.0699. The number of aliphatic carboxylic acids is 1. The maximum absolute atomic E-state index is 12.9. The van der Waals surface area contributed by atoms with Gasteiger partial charge in [-0.1, -0.05) is 36.4 Å². The number of hydrogen-bond acceptors (Lipinski definition) is 5. The van der Waals surface area contributed by atoms with Gasteiger partial charge in [0.25, 0.3) is 5.91 Å². The average molecular weight is 463 g/mol. The molecule has 0 fully saturated rings. The predicted octanol–water partition coefficient (Wildman–Crippen LogP) is 2.08. The lowest BCUT2D eigenvalue weighted by Gasteiger charge is -2.23. The number of nitrogens with one attached hydrogen (secondary N) is 4. The highest BCUT2D eigenvalue weighted by atomic mass is 16.5. The summed E-state index contributed by atoms with van der Waals surface area (Å²) in [5.74, 6) is -2.07. The van der Waals surface area contributed by atoms with Crippen LogP contribution in [0.15, 0.2) is 54.7 Å². The molecule has 0 radical (unpaired) electrons. The molecule has 9 nitrogen and oxygen atoms in total. The Labute approximate surface area is 195 Å². The molecule has 0 bridgehead atoms. The first-order valence-corrected chi connectivity index (χ1v) is 11.0. The fourth-order valence-electron chi connectivity index (χ4n) is 4.40. The van der Waals surface area contributed by atoms with E-state index in [-0.39, 0.29) is 11.9 Å². The zero-order valence-corrected chi connectivity index (χ0v) is 18.4. The van der Waals surface area contributed by atoms with Crippen LogP contribution in [0.5, 0.6) is 0 Å². The van der Waals surface area contributed by atoms with Gasteiger partial charge < -0.3 is 15.4 Å². The summed E-state index contributed by atoms with van der Waals surface area (Å²) in [6.45, 7) is -0.441. The molecule has 1 aliphatic carbocycles. The molecule has 0 spiro atoms. The van der Waals surface area contributed by atoms with Crippen LogP contribution in [0.2, 0.25) is 0 Å². The zero-order valence-electron chi connectivity index (χ0n) is 18.4. The van der Waals surface area contributed by atoms with Gasteiger partial charge in [-0.15, -0.1) is 0 Å². The Morgan fingerprint density at radius 1 is 1.18 bits per heavy atom. The summed E-state index contributed by atoms with van der Waals surface area (Å²) in [7, 11) is 0. The van der Waals surface area contributed by atoms with Gasteiger partial charge in [0.05, 0.1) is 6.04 Å². The Balaban J connectivity index is 1.54. The first-order chi connectivity index (χ1) is 16.4. The van der Waals surface area contributed by atoms with Gasteiger partial charge in [-0.3, -0.25) is 24.9 Å². The molecule has 34 heavy (non-hydrogen) atoms. The zero-order chi connectivity index (χ0) is 24.1. The fourth-order valence-corrected chi connectivity index (χ4v) is 4.40.